The second-order valence-corrected chi connectivity index (χ2v) is 6.87. The largest absolute Gasteiger partial charge is 0.351 e. The monoisotopic (exact) mass is 421 g/mol. The average molecular weight is 422 g/mol. The lowest BCUT2D eigenvalue weighted by Crippen LogP contribution is -2.15. The first-order valence-electron chi connectivity index (χ1n) is 8.95. The van der Waals surface area contributed by atoms with Gasteiger partial charge in [-0.1, -0.05) is 28.9 Å². The van der Waals surface area contributed by atoms with E-state index < -0.39 is 5.91 Å². The number of H-pyrrole nitrogens is 1. The first kappa shape index (κ1) is 19.4. The smallest absolute Gasteiger partial charge is 0.294 e. The predicted molar refractivity (Wildman–Crippen MR) is 114 cm³/mol. The molecule has 1 amide bonds. The molecule has 0 bridgehead atoms. The van der Waals surface area contributed by atoms with Gasteiger partial charge in [0.1, 0.15) is 0 Å². The molecule has 2 heterocycles. The van der Waals surface area contributed by atoms with Crippen LogP contribution in [0.1, 0.15) is 16.1 Å². The summed E-state index contributed by atoms with van der Waals surface area (Å²) < 4.78 is 4.86. The zero-order valence-electron chi connectivity index (χ0n) is 15.8. The Labute approximate surface area is 175 Å². The van der Waals surface area contributed by atoms with Gasteiger partial charge in [0.05, 0.1) is 11.9 Å². The molecule has 0 aliphatic carbocycles. The quantitative estimate of drug-likeness (QED) is 0.440. The summed E-state index contributed by atoms with van der Waals surface area (Å²) in [6.07, 6.45) is 1.39. The number of aromatic nitrogens is 3. The van der Waals surface area contributed by atoms with E-state index in [0.717, 1.165) is 5.69 Å². The molecular weight excluding hydrogens is 406 g/mol. The molecule has 0 saturated heterocycles. The molecule has 30 heavy (non-hydrogen) atoms. The number of hydrogen-bond donors (Lipinski definition) is 3. The van der Waals surface area contributed by atoms with Crippen LogP contribution in [0, 0.1) is 6.92 Å². The number of benzene rings is 2. The lowest BCUT2D eigenvalue weighted by molar-refractivity contribution is 0.0988. The van der Waals surface area contributed by atoms with Crippen LogP contribution in [-0.2, 0) is 0 Å². The number of rotatable bonds is 5. The van der Waals surface area contributed by atoms with Crippen LogP contribution in [0.25, 0.3) is 11.3 Å². The number of anilines is 3. The van der Waals surface area contributed by atoms with Gasteiger partial charge in [-0.3, -0.25) is 14.6 Å². The molecular formula is C21H16ClN5O3. The fraction of sp³-hybridized carbons (Fsp3) is 0.0476. The van der Waals surface area contributed by atoms with Crippen molar-refractivity contribution in [2.24, 2.45) is 0 Å². The Kier molecular flexibility index (Phi) is 5.32. The maximum atomic E-state index is 12.5. The number of halogens is 1. The summed E-state index contributed by atoms with van der Waals surface area (Å²) >= 11 is 5.91. The normalized spacial score (nSPS) is 10.6. The third-order valence-electron chi connectivity index (χ3n) is 4.31. The summed E-state index contributed by atoms with van der Waals surface area (Å²) in [7, 11) is 0. The third-order valence-corrected chi connectivity index (χ3v) is 4.57. The zero-order chi connectivity index (χ0) is 21.1. The van der Waals surface area contributed by atoms with E-state index in [9.17, 15) is 9.59 Å². The van der Waals surface area contributed by atoms with Gasteiger partial charge in [-0.15, -0.1) is 0 Å². The summed E-state index contributed by atoms with van der Waals surface area (Å²) in [6, 6.07) is 15.5. The standard InChI is InChI=1S/C21H16ClN5O3/c1-12-18(26-21(27-19(12)28)25-15-7-5-14(22)6-8-15)13-3-2-4-16(11-13)24-20(29)17-9-10-23-30-17/h2-11H,1H3,(H,24,29)(H2,25,26,27,28). The van der Waals surface area contributed by atoms with Crippen LogP contribution < -0.4 is 16.2 Å². The number of carbonyl (C=O) groups is 1. The highest BCUT2D eigenvalue weighted by Crippen LogP contribution is 2.24. The molecule has 0 atom stereocenters. The molecule has 0 spiro atoms. The summed E-state index contributed by atoms with van der Waals surface area (Å²) in [4.78, 5) is 31.9. The fourth-order valence-electron chi connectivity index (χ4n) is 2.81. The maximum Gasteiger partial charge on any atom is 0.294 e. The van der Waals surface area contributed by atoms with Crippen LogP contribution >= 0.6 is 11.6 Å². The van der Waals surface area contributed by atoms with E-state index in [1.807, 2.05) is 6.07 Å². The second kappa shape index (κ2) is 8.22. The summed E-state index contributed by atoms with van der Waals surface area (Å²) in [5.74, 6) is -0.0373. The van der Waals surface area contributed by atoms with Crippen LogP contribution in [0.5, 0.6) is 0 Å². The van der Waals surface area contributed by atoms with Crippen molar-refractivity contribution in [2.45, 2.75) is 6.92 Å². The van der Waals surface area contributed by atoms with Crippen molar-refractivity contribution in [1.82, 2.24) is 15.1 Å². The number of nitrogens with one attached hydrogen (secondary N) is 3. The SMILES string of the molecule is Cc1c(-c2cccc(NC(=O)c3ccno3)c2)nc(Nc2ccc(Cl)cc2)[nH]c1=O. The van der Waals surface area contributed by atoms with E-state index in [-0.39, 0.29) is 11.3 Å². The first-order valence-corrected chi connectivity index (χ1v) is 9.33. The minimum Gasteiger partial charge on any atom is -0.351 e. The second-order valence-electron chi connectivity index (χ2n) is 6.43. The molecule has 0 unspecified atom stereocenters. The molecule has 4 aromatic rings. The van der Waals surface area contributed by atoms with Crippen molar-refractivity contribution in [2.75, 3.05) is 10.6 Å². The molecule has 150 valence electrons. The molecule has 2 aromatic carbocycles. The predicted octanol–water partition coefficient (Wildman–Crippen LogP) is 4.38. The van der Waals surface area contributed by atoms with E-state index in [4.69, 9.17) is 16.1 Å². The summed E-state index contributed by atoms with van der Waals surface area (Å²) in [5.41, 5.74) is 2.61. The Bertz CT molecular complexity index is 1250. The van der Waals surface area contributed by atoms with Crippen LogP contribution in [0.4, 0.5) is 17.3 Å². The van der Waals surface area contributed by atoms with E-state index in [1.165, 1.54) is 12.3 Å². The van der Waals surface area contributed by atoms with Crippen molar-refractivity contribution < 1.29 is 9.32 Å². The number of aromatic amines is 1. The molecule has 0 radical (unpaired) electrons. The number of nitrogens with zero attached hydrogens (tertiary/aromatic N) is 2. The van der Waals surface area contributed by atoms with Crippen molar-refractivity contribution in [1.29, 1.82) is 0 Å². The van der Waals surface area contributed by atoms with Gasteiger partial charge in [-0.2, -0.15) is 0 Å². The van der Waals surface area contributed by atoms with Crippen LogP contribution in [0.3, 0.4) is 0 Å². The van der Waals surface area contributed by atoms with E-state index in [0.29, 0.717) is 33.5 Å². The highest BCUT2D eigenvalue weighted by Gasteiger charge is 2.13. The van der Waals surface area contributed by atoms with Crippen molar-refractivity contribution in [3.05, 3.63) is 87.5 Å². The van der Waals surface area contributed by atoms with Gasteiger partial charge in [0.15, 0.2) is 0 Å². The number of carbonyl (C=O) groups excluding carboxylic acids is 1. The van der Waals surface area contributed by atoms with Crippen LogP contribution in [0.15, 0.2) is 70.1 Å². The summed E-state index contributed by atoms with van der Waals surface area (Å²) in [5, 5.41) is 9.92. The van der Waals surface area contributed by atoms with E-state index in [2.05, 4.69) is 25.8 Å². The average Bonchev–Trinajstić information content (AvgIpc) is 3.27. The molecule has 0 fully saturated rings. The number of hydrogen-bond acceptors (Lipinski definition) is 6. The van der Waals surface area contributed by atoms with Gasteiger partial charge in [0, 0.05) is 33.6 Å². The molecule has 8 nitrogen and oxygen atoms in total. The Morgan fingerprint density at radius 1 is 1.10 bits per heavy atom. The van der Waals surface area contributed by atoms with Crippen LogP contribution in [-0.4, -0.2) is 21.0 Å². The minimum atomic E-state index is -0.426. The minimum absolute atomic E-state index is 0.0975. The van der Waals surface area contributed by atoms with Gasteiger partial charge >= 0.3 is 0 Å². The molecule has 9 heteroatoms. The third kappa shape index (κ3) is 4.23. The highest BCUT2D eigenvalue weighted by atomic mass is 35.5. The topological polar surface area (TPSA) is 113 Å². The maximum absolute atomic E-state index is 12.5. The lowest BCUT2D eigenvalue weighted by Gasteiger charge is -2.11. The molecule has 0 aliphatic rings. The molecule has 3 N–H and O–H groups in total. The Morgan fingerprint density at radius 2 is 1.90 bits per heavy atom. The van der Waals surface area contributed by atoms with Crippen molar-refractivity contribution in [3.8, 4) is 11.3 Å². The Balaban J connectivity index is 1.64. The van der Waals surface area contributed by atoms with Crippen molar-refractivity contribution in [3.63, 3.8) is 0 Å². The van der Waals surface area contributed by atoms with Gasteiger partial charge < -0.3 is 15.2 Å². The Morgan fingerprint density at radius 3 is 2.63 bits per heavy atom. The molecule has 4 rings (SSSR count). The Hall–Kier alpha value is -3.91. The molecule has 2 aromatic heterocycles. The first-order chi connectivity index (χ1) is 14.5. The van der Waals surface area contributed by atoms with Crippen molar-refractivity contribution >= 4 is 34.8 Å². The molecule has 0 aliphatic heterocycles. The van der Waals surface area contributed by atoms with Crippen LogP contribution in [0.2, 0.25) is 5.02 Å². The highest BCUT2D eigenvalue weighted by molar-refractivity contribution is 6.30. The van der Waals surface area contributed by atoms with Gasteiger partial charge in [-0.25, -0.2) is 4.98 Å². The van der Waals surface area contributed by atoms with E-state index in [1.54, 1.807) is 49.4 Å². The van der Waals surface area contributed by atoms with E-state index >= 15 is 0 Å². The zero-order valence-corrected chi connectivity index (χ0v) is 16.5. The van der Waals surface area contributed by atoms with Gasteiger partial charge in [-0.05, 0) is 43.3 Å². The fourth-order valence-corrected chi connectivity index (χ4v) is 2.94. The molecule has 0 saturated carbocycles. The number of amides is 1. The van der Waals surface area contributed by atoms with Gasteiger partial charge in [0.2, 0.25) is 11.7 Å². The summed E-state index contributed by atoms with van der Waals surface area (Å²) in [6.45, 7) is 1.69. The lowest BCUT2D eigenvalue weighted by atomic mass is 10.1. The van der Waals surface area contributed by atoms with Gasteiger partial charge in [0.25, 0.3) is 11.5 Å².